The van der Waals surface area contributed by atoms with Gasteiger partial charge in [-0.2, -0.15) is 11.3 Å². The first-order valence-electron chi connectivity index (χ1n) is 12.6. The SMILES string of the molecule is COC(=O)N1CCC2C(C1)N=C(C)N2C1CC2CCC(C1)N2CC[C@H](NC(C)=O)c1ccsc1. The van der Waals surface area contributed by atoms with Crippen molar-refractivity contribution >= 4 is 29.2 Å². The lowest BCUT2D eigenvalue weighted by Crippen LogP contribution is -2.57. The van der Waals surface area contributed by atoms with Gasteiger partial charge in [-0.15, -0.1) is 0 Å². The highest BCUT2D eigenvalue weighted by Crippen LogP contribution is 2.41. The van der Waals surface area contributed by atoms with E-state index in [0.29, 0.717) is 30.7 Å². The number of hydrogen-bond donors (Lipinski definition) is 1. The fourth-order valence-corrected chi connectivity index (χ4v) is 7.62. The minimum absolute atomic E-state index is 0.0366. The van der Waals surface area contributed by atoms with E-state index in [1.165, 1.54) is 38.4 Å². The molecule has 5 heterocycles. The number of amidine groups is 1. The maximum Gasteiger partial charge on any atom is 0.409 e. The number of amides is 2. The molecular formula is C25H37N5O3S. The van der Waals surface area contributed by atoms with Crippen LogP contribution in [-0.2, 0) is 9.53 Å². The number of carbonyl (C=O) groups excluding carboxylic acids is 2. The number of ether oxygens (including phenoxy) is 1. The van der Waals surface area contributed by atoms with E-state index in [9.17, 15) is 9.59 Å². The Morgan fingerprint density at radius 1 is 1.24 bits per heavy atom. The molecule has 186 valence electrons. The Hall–Kier alpha value is -2.13. The molecule has 5 atom stereocenters. The van der Waals surface area contributed by atoms with E-state index < -0.39 is 0 Å². The molecule has 3 fully saturated rings. The molecule has 0 radical (unpaired) electrons. The molecule has 4 aliphatic rings. The van der Waals surface area contributed by atoms with E-state index in [-0.39, 0.29) is 24.1 Å². The van der Waals surface area contributed by atoms with Gasteiger partial charge in [-0.25, -0.2) is 4.79 Å². The molecule has 1 N–H and O–H groups in total. The second-order valence-corrected chi connectivity index (χ2v) is 11.0. The fraction of sp³-hybridized carbons (Fsp3) is 0.720. The van der Waals surface area contributed by atoms with E-state index in [4.69, 9.17) is 9.73 Å². The second kappa shape index (κ2) is 9.85. The molecule has 9 heteroatoms. The topological polar surface area (TPSA) is 77.5 Å². The maximum absolute atomic E-state index is 12.0. The number of thiophene rings is 1. The summed E-state index contributed by atoms with van der Waals surface area (Å²) in [5, 5.41) is 7.40. The lowest BCUT2D eigenvalue weighted by molar-refractivity contribution is -0.119. The van der Waals surface area contributed by atoms with Crippen molar-refractivity contribution in [3.8, 4) is 0 Å². The minimum Gasteiger partial charge on any atom is -0.453 e. The minimum atomic E-state index is -0.240. The third kappa shape index (κ3) is 4.56. The van der Waals surface area contributed by atoms with E-state index in [2.05, 4.69) is 38.9 Å². The van der Waals surface area contributed by atoms with Gasteiger partial charge < -0.3 is 19.9 Å². The van der Waals surface area contributed by atoms with Gasteiger partial charge in [-0.3, -0.25) is 14.7 Å². The number of aliphatic imine (C=N–C) groups is 1. The van der Waals surface area contributed by atoms with Crippen LogP contribution in [0.4, 0.5) is 4.79 Å². The van der Waals surface area contributed by atoms with Crippen LogP contribution in [0.3, 0.4) is 0 Å². The monoisotopic (exact) mass is 487 g/mol. The zero-order valence-electron chi connectivity index (χ0n) is 20.5. The van der Waals surface area contributed by atoms with Crippen molar-refractivity contribution in [1.29, 1.82) is 0 Å². The van der Waals surface area contributed by atoms with Gasteiger partial charge in [0, 0.05) is 44.7 Å². The van der Waals surface area contributed by atoms with E-state index in [1.807, 2.05) is 0 Å². The average Bonchev–Trinajstić information content (AvgIpc) is 3.51. The summed E-state index contributed by atoms with van der Waals surface area (Å²) < 4.78 is 4.94. The summed E-state index contributed by atoms with van der Waals surface area (Å²) in [7, 11) is 1.45. The Morgan fingerprint density at radius 3 is 2.65 bits per heavy atom. The molecule has 1 aromatic heterocycles. The summed E-state index contributed by atoms with van der Waals surface area (Å²) in [6, 6.07) is 4.52. The first kappa shape index (κ1) is 23.6. The highest BCUT2D eigenvalue weighted by Gasteiger charge is 2.48. The molecule has 1 aromatic rings. The first-order valence-corrected chi connectivity index (χ1v) is 13.6. The van der Waals surface area contributed by atoms with Gasteiger partial charge >= 0.3 is 6.09 Å². The molecule has 4 aliphatic heterocycles. The third-order valence-electron chi connectivity index (χ3n) is 8.31. The lowest BCUT2D eigenvalue weighted by atomic mass is 9.91. The van der Waals surface area contributed by atoms with Gasteiger partial charge in [0.2, 0.25) is 5.91 Å². The van der Waals surface area contributed by atoms with Crippen molar-refractivity contribution in [2.75, 3.05) is 26.7 Å². The van der Waals surface area contributed by atoms with Crippen LogP contribution in [-0.4, -0.2) is 89.5 Å². The van der Waals surface area contributed by atoms with Gasteiger partial charge in [0.25, 0.3) is 0 Å². The maximum atomic E-state index is 12.0. The van der Waals surface area contributed by atoms with Crippen molar-refractivity contribution < 1.29 is 14.3 Å². The van der Waals surface area contributed by atoms with Gasteiger partial charge in [0.1, 0.15) is 0 Å². The van der Waals surface area contributed by atoms with Crippen LogP contribution in [0.1, 0.15) is 64.0 Å². The van der Waals surface area contributed by atoms with Crippen molar-refractivity contribution in [3.63, 3.8) is 0 Å². The number of fused-ring (bicyclic) bond motifs is 3. The van der Waals surface area contributed by atoms with E-state index in [0.717, 1.165) is 31.8 Å². The summed E-state index contributed by atoms with van der Waals surface area (Å²) in [5.41, 5.74) is 1.22. The predicted molar refractivity (Wildman–Crippen MR) is 133 cm³/mol. The molecule has 0 saturated carbocycles. The van der Waals surface area contributed by atoms with Crippen LogP contribution in [0.2, 0.25) is 0 Å². The molecule has 5 rings (SSSR count). The Labute approximate surface area is 206 Å². The Kier molecular flexibility index (Phi) is 6.84. The van der Waals surface area contributed by atoms with Crippen LogP contribution < -0.4 is 5.32 Å². The summed E-state index contributed by atoms with van der Waals surface area (Å²) in [6.45, 7) is 6.18. The lowest BCUT2D eigenvalue weighted by Gasteiger charge is -2.47. The third-order valence-corrected chi connectivity index (χ3v) is 9.02. The Morgan fingerprint density at radius 2 is 2.00 bits per heavy atom. The zero-order valence-corrected chi connectivity index (χ0v) is 21.3. The molecule has 2 bridgehead atoms. The highest BCUT2D eigenvalue weighted by molar-refractivity contribution is 7.08. The van der Waals surface area contributed by atoms with Gasteiger partial charge in [0.05, 0.1) is 31.1 Å². The van der Waals surface area contributed by atoms with Gasteiger partial charge in [0.15, 0.2) is 0 Å². The van der Waals surface area contributed by atoms with Crippen LogP contribution in [0, 0.1) is 0 Å². The van der Waals surface area contributed by atoms with Crippen molar-refractivity contribution in [3.05, 3.63) is 22.4 Å². The second-order valence-electron chi connectivity index (χ2n) is 10.3. The number of piperidine rings is 2. The molecule has 0 aliphatic carbocycles. The number of nitrogens with one attached hydrogen (secondary N) is 1. The van der Waals surface area contributed by atoms with Crippen molar-refractivity contribution in [1.82, 2.24) is 20.0 Å². The van der Waals surface area contributed by atoms with Crippen LogP contribution in [0.25, 0.3) is 0 Å². The molecule has 0 aromatic carbocycles. The van der Waals surface area contributed by atoms with Crippen molar-refractivity contribution in [2.24, 2.45) is 4.99 Å². The van der Waals surface area contributed by atoms with Crippen LogP contribution in [0.15, 0.2) is 21.8 Å². The summed E-state index contributed by atoms with van der Waals surface area (Å²) in [5.74, 6) is 1.18. The standard InChI is InChI=1S/C25H37N5O3S/c1-16-26-23-14-28(25(32)33-3)9-7-24(23)30(16)21-12-19-4-5-20(13-21)29(19)10-6-22(27-17(2)31)18-8-11-34-15-18/h8,11,15,19-24H,4-7,9-10,12-14H2,1-3H3,(H,27,31)/t19?,20?,21?,22-,23?,24?/m0/s1. The normalized spacial score (nSPS) is 31.7. The molecule has 8 nitrogen and oxygen atoms in total. The smallest absolute Gasteiger partial charge is 0.409 e. The van der Waals surface area contributed by atoms with Crippen LogP contribution in [0.5, 0.6) is 0 Å². The number of methoxy groups -OCH3 is 1. The molecule has 0 spiro atoms. The first-order chi connectivity index (χ1) is 16.4. The summed E-state index contributed by atoms with van der Waals surface area (Å²) in [4.78, 5) is 35.9. The summed E-state index contributed by atoms with van der Waals surface area (Å²) in [6.07, 6.45) is 6.54. The Bertz CT molecular complexity index is 908. The molecule has 4 unspecified atom stereocenters. The summed E-state index contributed by atoms with van der Waals surface area (Å²) >= 11 is 1.69. The van der Waals surface area contributed by atoms with Crippen LogP contribution >= 0.6 is 11.3 Å². The van der Waals surface area contributed by atoms with Gasteiger partial charge in [-0.1, -0.05) is 0 Å². The molecule has 34 heavy (non-hydrogen) atoms. The number of likely N-dealkylation sites (tertiary alicyclic amines) is 1. The largest absolute Gasteiger partial charge is 0.453 e. The van der Waals surface area contributed by atoms with E-state index >= 15 is 0 Å². The molecule has 2 amide bonds. The fourth-order valence-electron chi connectivity index (χ4n) is 6.90. The number of hydrogen-bond acceptors (Lipinski definition) is 7. The number of carbonyl (C=O) groups is 2. The van der Waals surface area contributed by atoms with Crippen molar-refractivity contribution in [2.45, 2.75) is 88.6 Å². The average molecular weight is 488 g/mol. The highest BCUT2D eigenvalue weighted by atomic mass is 32.1. The van der Waals surface area contributed by atoms with Gasteiger partial charge in [-0.05, 0) is 67.8 Å². The molecule has 3 saturated heterocycles. The quantitative estimate of drug-likeness (QED) is 0.667. The Balaban J connectivity index is 1.21. The van der Waals surface area contributed by atoms with E-state index in [1.54, 1.807) is 23.2 Å². The number of nitrogens with zero attached hydrogens (tertiary/aromatic N) is 4. The predicted octanol–water partition coefficient (Wildman–Crippen LogP) is 3.25. The molecular weight excluding hydrogens is 450 g/mol. The number of rotatable bonds is 6. The zero-order chi connectivity index (χ0) is 23.8.